The molecule has 1 unspecified atom stereocenters. The summed E-state index contributed by atoms with van der Waals surface area (Å²) in [7, 11) is 1.87. The molecule has 1 aromatic heterocycles. The van der Waals surface area contributed by atoms with Gasteiger partial charge < -0.3 is 5.32 Å². The normalized spacial score (nSPS) is 19.1. The molecule has 1 aliphatic rings. The summed E-state index contributed by atoms with van der Waals surface area (Å²) in [4.78, 5) is 4.30. The highest BCUT2D eigenvalue weighted by Crippen LogP contribution is 2.42. The van der Waals surface area contributed by atoms with Crippen molar-refractivity contribution in [1.29, 1.82) is 5.26 Å². The van der Waals surface area contributed by atoms with Gasteiger partial charge in [0.15, 0.2) is 4.34 Å². The van der Waals surface area contributed by atoms with Crippen LogP contribution in [0.15, 0.2) is 4.34 Å². The van der Waals surface area contributed by atoms with Crippen molar-refractivity contribution in [2.75, 3.05) is 12.8 Å². The molecule has 2 rings (SSSR count). The van der Waals surface area contributed by atoms with Crippen LogP contribution in [0.25, 0.3) is 0 Å². The topological polar surface area (TPSA) is 61.6 Å². The first-order valence-corrected chi connectivity index (χ1v) is 6.99. The van der Waals surface area contributed by atoms with Gasteiger partial charge >= 0.3 is 0 Å². The molecule has 1 atom stereocenters. The number of nitrogens with zero attached hydrogens (tertiary/aromatic N) is 3. The first kappa shape index (κ1) is 11.8. The summed E-state index contributed by atoms with van der Waals surface area (Å²) in [6.45, 7) is 1.89. The van der Waals surface area contributed by atoms with Crippen LogP contribution < -0.4 is 5.32 Å². The highest BCUT2D eigenvalue weighted by atomic mass is 32.2. The van der Waals surface area contributed by atoms with Gasteiger partial charge in [0.1, 0.15) is 11.4 Å². The number of rotatable bonds is 5. The standard InChI is InChI=1S/C10H14N4S2/c1-7-13-9(16-14-7)15-6-10(5-11,12-2)8-3-4-8/h8,12H,3-4,6H2,1-2H3. The van der Waals surface area contributed by atoms with E-state index < -0.39 is 0 Å². The van der Waals surface area contributed by atoms with E-state index in [1.54, 1.807) is 11.8 Å². The van der Waals surface area contributed by atoms with Gasteiger partial charge in [-0.15, -0.1) is 0 Å². The third-order valence-electron chi connectivity index (χ3n) is 2.85. The Labute approximate surface area is 104 Å². The van der Waals surface area contributed by atoms with Gasteiger partial charge in [0.2, 0.25) is 0 Å². The lowest BCUT2D eigenvalue weighted by Gasteiger charge is -2.24. The van der Waals surface area contributed by atoms with Gasteiger partial charge in [0.05, 0.1) is 6.07 Å². The average molecular weight is 254 g/mol. The van der Waals surface area contributed by atoms with Crippen molar-refractivity contribution in [2.45, 2.75) is 29.6 Å². The number of aryl methyl sites for hydroxylation is 1. The number of hydrogen-bond acceptors (Lipinski definition) is 6. The Morgan fingerprint density at radius 2 is 2.44 bits per heavy atom. The predicted octanol–water partition coefficient (Wildman–Crippen LogP) is 1.83. The van der Waals surface area contributed by atoms with E-state index in [4.69, 9.17) is 0 Å². The van der Waals surface area contributed by atoms with Gasteiger partial charge in [-0.05, 0) is 44.3 Å². The van der Waals surface area contributed by atoms with Crippen LogP contribution in [0.4, 0.5) is 0 Å². The Balaban J connectivity index is 1.99. The first-order chi connectivity index (χ1) is 7.70. The SMILES string of the molecule is CNC(C#N)(CSc1nc(C)ns1)C1CC1. The van der Waals surface area contributed by atoms with Gasteiger partial charge in [-0.3, -0.25) is 0 Å². The fraction of sp³-hybridized carbons (Fsp3) is 0.700. The fourth-order valence-electron chi connectivity index (χ4n) is 1.66. The van der Waals surface area contributed by atoms with E-state index >= 15 is 0 Å². The molecule has 0 saturated heterocycles. The quantitative estimate of drug-likeness (QED) is 0.812. The van der Waals surface area contributed by atoms with Gasteiger partial charge in [-0.2, -0.15) is 9.64 Å². The highest BCUT2D eigenvalue weighted by Gasteiger charge is 2.44. The Morgan fingerprint density at radius 3 is 2.88 bits per heavy atom. The van der Waals surface area contributed by atoms with Crippen molar-refractivity contribution in [3.8, 4) is 6.07 Å². The van der Waals surface area contributed by atoms with E-state index in [0.29, 0.717) is 5.92 Å². The summed E-state index contributed by atoms with van der Waals surface area (Å²) in [5.74, 6) is 2.06. The van der Waals surface area contributed by atoms with Crippen LogP contribution in [-0.2, 0) is 0 Å². The molecule has 16 heavy (non-hydrogen) atoms. The minimum absolute atomic E-state index is 0.385. The van der Waals surface area contributed by atoms with Crippen LogP contribution in [0.2, 0.25) is 0 Å². The molecule has 0 bridgehead atoms. The van der Waals surface area contributed by atoms with Gasteiger partial charge in [0, 0.05) is 5.75 Å². The van der Waals surface area contributed by atoms with Crippen molar-refractivity contribution < 1.29 is 0 Å². The lowest BCUT2D eigenvalue weighted by Crippen LogP contribution is -2.46. The molecule has 0 aliphatic heterocycles. The number of aromatic nitrogens is 2. The van der Waals surface area contributed by atoms with E-state index in [-0.39, 0.29) is 5.54 Å². The molecule has 4 nitrogen and oxygen atoms in total. The molecule has 6 heteroatoms. The van der Waals surface area contributed by atoms with Crippen LogP contribution in [0.5, 0.6) is 0 Å². The van der Waals surface area contributed by atoms with Gasteiger partial charge in [-0.25, -0.2) is 4.98 Å². The maximum atomic E-state index is 9.31. The van der Waals surface area contributed by atoms with Crippen molar-refractivity contribution in [1.82, 2.24) is 14.7 Å². The molecule has 86 valence electrons. The summed E-state index contributed by atoms with van der Waals surface area (Å²) >= 11 is 3.03. The van der Waals surface area contributed by atoms with E-state index in [0.717, 1.165) is 28.8 Å². The Hall–Kier alpha value is -0.640. The van der Waals surface area contributed by atoms with E-state index in [2.05, 4.69) is 20.7 Å². The maximum absolute atomic E-state index is 9.31. The van der Waals surface area contributed by atoms with Crippen molar-refractivity contribution in [2.24, 2.45) is 5.92 Å². The second kappa shape index (κ2) is 4.70. The smallest absolute Gasteiger partial charge is 0.170 e. The third-order valence-corrected chi connectivity index (χ3v) is 4.97. The summed E-state index contributed by atoms with van der Waals surface area (Å²) in [5, 5.41) is 12.5. The van der Waals surface area contributed by atoms with E-state index in [1.165, 1.54) is 11.5 Å². The zero-order valence-electron chi connectivity index (χ0n) is 9.36. The lowest BCUT2D eigenvalue weighted by atomic mass is 9.98. The third kappa shape index (κ3) is 2.37. The summed E-state index contributed by atoms with van der Waals surface area (Å²) in [6, 6.07) is 2.43. The van der Waals surface area contributed by atoms with Gasteiger partial charge in [0.25, 0.3) is 0 Å². The molecule has 0 aromatic carbocycles. The highest BCUT2D eigenvalue weighted by molar-refractivity contribution is 8.01. The fourth-order valence-corrected chi connectivity index (χ4v) is 3.58. The van der Waals surface area contributed by atoms with E-state index in [9.17, 15) is 5.26 Å². The van der Waals surface area contributed by atoms with Crippen molar-refractivity contribution in [3.05, 3.63) is 5.82 Å². The zero-order chi connectivity index (χ0) is 11.6. The second-order valence-corrected chi connectivity index (χ2v) is 5.98. The van der Waals surface area contributed by atoms with Crippen LogP contribution in [0.1, 0.15) is 18.7 Å². The van der Waals surface area contributed by atoms with Gasteiger partial charge in [-0.1, -0.05) is 11.8 Å². The summed E-state index contributed by atoms with van der Waals surface area (Å²) in [5.41, 5.74) is -0.385. The molecule has 0 radical (unpaired) electrons. The number of thioether (sulfide) groups is 1. The van der Waals surface area contributed by atoms with E-state index in [1.807, 2.05) is 14.0 Å². The number of nitrogens with one attached hydrogen (secondary N) is 1. The molecule has 0 spiro atoms. The summed E-state index contributed by atoms with van der Waals surface area (Å²) in [6.07, 6.45) is 2.31. The molecule has 1 N–H and O–H groups in total. The Morgan fingerprint density at radius 1 is 1.69 bits per heavy atom. The molecular formula is C10H14N4S2. The van der Waals surface area contributed by atoms with Crippen LogP contribution >= 0.6 is 23.3 Å². The Bertz CT molecular complexity index is 407. The van der Waals surface area contributed by atoms with Crippen LogP contribution in [0.3, 0.4) is 0 Å². The molecule has 1 fully saturated rings. The maximum Gasteiger partial charge on any atom is 0.170 e. The predicted molar refractivity (Wildman–Crippen MR) is 65.5 cm³/mol. The van der Waals surface area contributed by atoms with Crippen LogP contribution in [-0.4, -0.2) is 27.7 Å². The molecule has 1 aromatic rings. The largest absolute Gasteiger partial charge is 0.302 e. The van der Waals surface area contributed by atoms with Crippen molar-refractivity contribution in [3.63, 3.8) is 0 Å². The number of hydrogen-bond donors (Lipinski definition) is 1. The molecule has 0 amide bonds. The van der Waals surface area contributed by atoms with Crippen molar-refractivity contribution >= 4 is 23.3 Å². The Kier molecular flexibility index (Phi) is 3.47. The average Bonchev–Trinajstić information content (AvgIpc) is 3.06. The first-order valence-electron chi connectivity index (χ1n) is 5.23. The lowest BCUT2D eigenvalue weighted by molar-refractivity contribution is 0.441. The van der Waals surface area contributed by atoms with Crippen LogP contribution in [0, 0.1) is 24.2 Å². The molecule has 1 aliphatic carbocycles. The molecule has 1 saturated carbocycles. The minimum Gasteiger partial charge on any atom is -0.302 e. The number of nitriles is 1. The molecule has 1 heterocycles. The summed E-state index contributed by atoms with van der Waals surface area (Å²) < 4.78 is 5.09. The zero-order valence-corrected chi connectivity index (χ0v) is 11.0. The monoisotopic (exact) mass is 254 g/mol. The molecular weight excluding hydrogens is 240 g/mol. The second-order valence-electron chi connectivity index (χ2n) is 4.00. The minimum atomic E-state index is -0.385.